The maximum Gasteiger partial charge on any atom is 0.182 e. The Morgan fingerprint density at radius 3 is 2.00 bits per heavy atom. The molecule has 0 rings (SSSR count). The molecule has 0 amide bonds. The predicted octanol–water partition coefficient (Wildman–Crippen LogP) is 0.547. The molecule has 6 heavy (non-hydrogen) atoms. The molecule has 0 aliphatic rings. The van der Waals surface area contributed by atoms with Crippen LogP contribution in [0.25, 0.3) is 0 Å². The van der Waals surface area contributed by atoms with E-state index in [0.29, 0.717) is 0 Å². The summed E-state index contributed by atoms with van der Waals surface area (Å²) in [4.78, 5) is 0. The quantitative estimate of drug-likeness (QED) is 0.350. The van der Waals surface area contributed by atoms with Crippen molar-refractivity contribution >= 4 is 14.6 Å². The van der Waals surface area contributed by atoms with Crippen LogP contribution in [0.4, 0.5) is 0 Å². The van der Waals surface area contributed by atoms with Crippen LogP contribution in [-0.4, -0.2) is 20.4 Å². The summed E-state index contributed by atoms with van der Waals surface area (Å²) in [5, 5.41) is 0. The summed E-state index contributed by atoms with van der Waals surface area (Å²) in [6.07, 6.45) is 0.826. The first-order chi connectivity index (χ1) is 2.56. The van der Waals surface area contributed by atoms with E-state index in [1.54, 1.807) is 14.2 Å². The van der Waals surface area contributed by atoms with Gasteiger partial charge in [-0.25, -0.2) is 0 Å². The minimum atomic E-state index is -1.65. The molecule has 1 unspecified atom stereocenters. The van der Waals surface area contributed by atoms with Gasteiger partial charge in [0.05, 0.1) is 0 Å². The van der Waals surface area contributed by atoms with E-state index in [1.165, 1.54) is 0 Å². The molecule has 0 fully saturated rings. The highest BCUT2D eigenvalue weighted by atomic mass is 31.2. The molecule has 0 aromatic carbocycles. The molecule has 36 valence electrons. The molecule has 0 radical (unpaired) electrons. The molecule has 0 heterocycles. The number of hydrogen-bond acceptors (Lipinski definition) is 1. The summed E-state index contributed by atoms with van der Waals surface area (Å²) < 4.78 is 10.6. The van der Waals surface area contributed by atoms with E-state index in [-0.39, 0.29) is 0 Å². The minimum absolute atomic E-state index is 0.826. The first-order valence-electron chi connectivity index (χ1n) is 2.10. The average Bonchev–Trinajstić information content (AvgIpc) is 1.35. The fourth-order valence-corrected chi connectivity index (χ4v) is 0. The van der Waals surface area contributed by atoms with E-state index in [2.05, 4.69) is 0 Å². The molecule has 0 bridgehead atoms. The van der Waals surface area contributed by atoms with Gasteiger partial charge in [0.25, 0.3) is 0 Å². The molecule has 1 nitrogen and oxygen atoms in total. The Kier molecular flexibility index (Phi) is 1.93. The second kappa shape index (κ2) is 1.84. The van der Waals surface area contributed by atoms with Crippen molar-refractivity contribution in [3.63, 3.8) is 0 Å². The molecule has 0 saturated carbocycles. The van der Waals surface area contributed by atoms with E-state index in [9.17, 15) is 4.57 Å². The summed E-state index contributed by atoms with van der Waals surface area (Å²) in [5.41, 5.74) is 0. The van der Waals surface area contributed by atoms with Gasteiger partial charge in [0.15, 0.2) is 7.57 Å². The first kappa shape index (κ1) is 6.29. The predicted molar refractivity (Wildman–Crippen MR) is 32.6 cm³/mol. The molecule has 0 aliphatic carbocycles. The van der Waals surface area contributed by atoms with Crippen molar-refractivity contribution in [1.82, 2.24) is 0 Å². The summed E-state index contributed by atoms with van der Waals surface area (Å²) in [6, 6.07) is 0. The van der Waals surface area contributed by atoms with E-state index < -0.39 is 7.02 Å². The number of hydrogen-bond donors (Lipinski definition) is 0. The largest absolute Gasteiger partial charge is 0.335 e. The van der Waals surface area contributed by atoms with Crippen LogP contribution >= 0.6 is 7.02 Å². The highest BCUT2D eigenvalue weighted by Gasteiger charge is 1.98. The lowest BCUT2D eigenvalue weighted by atomic mass is 10.8. The lowest BCUT2D eigenvalue weighted by molar-refractivity contribution is 0.588. The monoisotopic (exact) mass is 104 g/mol. The van der Waals surface area contributed by atoms with Crippen molar-refractivity contribution in [2.45, 2.75) is 6.92 Å². The molecule has 0 aromatic heterocycles. The summed E-state index contributed by atoms with van der Waals surface area (Å²) >= 11 is 0. The molecule has 0 spiro atoms. The highest BCUT2D eigenvalue weighted by molar-refractivity contribution is 7.86. The van der Waals surface area contributed by atoms with Crippen LogP contribution in [0.5, 0.6) is 0 Å². The van der Waals surface area contributed by atoms with Crippen molar-refractivity contribution in [2.24, 2.45) is 0 Å². The summed E-state index contributed by atoms with van der Waals surface area (Å²) in [7, 11) is 0.152. The summed E-state index contributed by atoms with van der Waals surface area (Å²) in [5.74, 6) is 0. The molecule has 0 aromatic rings. The second-order valence-electron chi connectivity index (χ2n) is 1.89. The van der Waals surface area contributed by atoms with Gasteiger partial charge in [0, 0.05) is 7.02 Å². The molecule has 0 N–H and O–H groups in total. The molecular weight excluding hydrogens is 93.8 g/mol. The lowest BCUT2D eigenvalue weighted by Gasteiger charge is -1.95. The zero-order valence-corrected chi connectivity index (χ0v) is 5.46. The van der Waals surface area contributed by atoms with Gasteiger partial charge in [-0.2, -0.15) is 0 Å². The van der Waals surface area contributed by atoms with Gasteiger partial charge in [-0.1, -0.05) is 6.92 Å². The van der Waals surface area contributed by atoms with Crippen LogP contribution in [0, 0.1) is 0 Å². The molecule has 3 heteroatoms. The fraction of sp³-hybridized carbons (Fsp3) is 1.00. The fourth-order valence-electron chi connectivity index (χ4n) is 0. The van der Waals surface area contributed by atoms with Crippen molar-refractivity contribution in [3.05, 3.63) is 0 Å². The van der Waals surface area contributed by atoms with Crippen molar-refractivity contribution < 1.29 is 4.57 Å². The second-order valence-corrected chi connectivity index (χ2v) is 5.67. The highest BCUT2D eigenvalue weighted by Crippen LogP contribution is 2.32. The Labute approximate surface area is 39.9 Å². The van der Waals surface area contributed by atoms with E-state index in [4.69, 9.17) is 0 Å². The van der Waals surface area contributed by atoms with Crippen LogP contribution in [0.2, 0.25) is 0 Å². The average molecular weight is 104 g/mol. The molecule has 1 atom stereocenters. The normalized spacial score (nSPS) is 19.7. The van der Waals surface area contributed by atoms with Gasteiger partial charge in [-0.3, -0.25) is 0 Å². The van der Waals surface area contributed by atoms with Gasteiger partial charge in [-0.05, 0) is 12.8 Å². The topological polar surface area (TPSA) is 17.1 Å². The standard InChI is InChI=1S/C3H10BOP/c1-3-6(2,4)5/h3-4H2,1-2H3. The van der Waals surface area contributed by atoms with Crippen LogP contribution in [0.3, 0.4) is 0 Å². The third-order valence-electron chi connectivity index (χ3n) is 0.762. The maximum absolute atomic E-state index is 10.6. The van der Waals surface area contributed by atoms with Crippen LogP contribution in [0.1, 0.15) is 6.92 Å². The van der Waals surface area contributed by atoms with E-state index in [0.717, 1.165) is 6.16 Å². The zero-order chi connectivity index (χ0) is 5.21. The Morgan fingerprint density at radius 1 is 1.83 bits per heavy atom. The molecular formula is C3H10BOP. The Hall–Kier alpha value is 0.295. The van der Waals surface area contributed by atoms with E-state index >= 15 is 0 Å². The van der Waals surface area contributed by atoms with Gasteiger partial charge in [0.1, 0.15) is 0 Å². The lowest BCUT2D eigenvalue weighted by Crippen LogP contribution is -1.76. The van der Waals surface area contributed by atoms with Crippen molar-refractivity contribution in [1.29, 1.82) is 0 Å². The molecule has 0 saturated heterocycles. The van der Waals surface area contributed by atoms with Crippen molar-refractivity contribution in [3.8, 4) is 0 Å². The molecule has 0 aliphatic heterocycles. The van der Waals surface area contributed by atoms with Crippen LogP contribution < -0.4 is 0 Å². The van der Waals surface area contributed by atoms with Gasteiger partial charge < -0.3 is 4.57 Å². The zero-order valence-electron chi connectivity index (χ0n) is 4.56. The SMILES string of the molecule is BP(C)(=O)CC. The van der Waals surface area contributed by atoms with Gasteiger partial charge >= 0.3 is 0 Å². The number of rotatable bonds is 1. The minimum Gasteiger partial charge on any atom is -0.335 e. The first-order valence-corrected chi connectivity index (χ1v) is 4.89. The smallest absolute Gasteiger partial charge is 0.182 e. The third kappa shape index (κ3) is 4.29. The van der Waals surface area contributed by atoms with Crippen LogP contribution in [0.15, 0.2) is 0 Å². The third-order valence-corrected chi connectivity index (χ3v) is 2.28. The Morgan fingerprint density at radius 2 is 2.00 bits per heavy atom. The van der Waals surface area contributed by atoms with Gasteiger partial charge in [0.2, 0.25) is 0 Å². The van der Waals surface area contributed by atoms with Crippen LogP contribution in [-0.2, 0) is 4.57 Å². The maximum atomic E-state index is 10.6. The van der Waals surface area contributed by atoms with E-state index in [1.807, 2.05) is 6.92 Å². The van der Waals surface area contributed by atoms with Gasteiger partial charge in [-0.15, -0.1) is 0 Å². The Bertz CT molecular complexity index is 74.9. The van der Waals surface area contributed by atoms with Crippen molar-refractivity contribution in [2.75, 3.05) is 12.8 Å². The Balaban J connectivity index is 3.48. The summed E-state index contributed by atoms with van der Waals surface area (Å²) in [6.45, 7) is 3.74.